The minimum Gasteiger partial charge on any atom is -0.872 e. The monoisotopic (exact) mass is 350 g/mol. The van der Waals surface area contributed by atoms with Crippen LogP contribution in [0.4, 0.5) is 0 Å². The first-order valence-electron chi connectivity index (χ1n) is 7.62. The van der Waals surface area contributed by atoms with Gasteiger partial charge >= 0.3 is 59.1 Å². The second kappa shape index (κ2) is 10.4. The van der Waals surface area contributed by atoms with Crippen molar-refractivity contribution in [1.82, 2.24) is 0 Å². The molecule has 0 aromatic heterocycles. The van der Waals surface area contributed by atoms with Crippen molar-refractivity contribution in [2.24, 2.45) is 0 Å². The molecule has 0 unspecified atom stereocenters. The molecule has 0 amide bonds. The van der Waals surface area contributed by atoms with E-state index in [1.54, 1.807) is 24.3 Å². The van der Waals surface area contributed by atoms with Crippen molar-refractivity contribution in [3.05, 3.63) is 70.8 Å². The van der Waals surface area contributed by atoms with Gasteiger partial charge in [0.25, 0.3) is 0 Å². The predicted molar refractivity (Wildman–Crippen MR) is 86.6 cm³/mol. The SMILES string of the molecule is O=C1C(=Cc2ccc([O-])cc2)CCCC1=Cc1ccc([O-])cc1.[Na+].[Na+]. The largest absolute Gasteiger partial charge is 1.00 e. The van der Waals surface area contributed by atoms with E-state index in [0.29, 0.717) is 0 Å². The molecule has 3 nitrogen and oxygen atoms in total. The fourth-order valence-corrected chi connectivity index (χ4v) is 2.71. The molecule has 0 bridgehead atoms. The molecule has 0 aliphatic heterocycles. The molecule has 2 aromatic rings. The summed E-state index contributed by atoms with van der Waals surface area (Å²) in [6.45, 7) is 0. The van der Waals surface area contributed by atoms with E-state index in [9.17, 15) is 15.0 Å². The van der Waals surface area contributed by atoms with Crippen LogP contribution in [0.3, 0.4) is 0 Å². The van der Waals surface area contributed by atoms with Gasteiger partial charge in [0.05, 0.1) is 0 Å². The summed E-state index contributed by atoms with van der Waals surface area (Å²) in [7, 11) is 0. The molecule has 1 fully saturated rings. The van der Waals surface area contributed by atoms with Gasteiger partial charge in [-0.3, -0.25) is 4.79 Å². The predicted octanol–water partition coefficient (Wildman–Crippen LogP) is -2.94. The summed E-state index contributed by atoms with van der Waals surface area (Å²) in [4.78, 5) is 12.6. The van der Waals surface area contributed by atoms with Crippen molar-refractivity contribution in [3.63, 3.8) is 0 Å². The number of carbonyl (C=O) groups is 1. The maximum atomic E-state index is 12.6. The molecule has 0 radical (unpaired) electrons. The first kappa shape index (κ1) is 22.2. The second-order valence-corrected chi connectivity index (χ2v) is 5.66. The van der Waals surface area contributed by atoms with Gasteiger partial charge in [-0.25, -0.2) is 0 Å². The summed E-state index contributed by atoms with van der Waals surface area (Å²) in [5.41, 5.74) is 3.26. The number of rotatable bonds is 2. The van der Waals surface area contributed by atoms with E-state index in [2.05, 4.69) is 0 Å². The third-order valence-electron chi connectivity index (χ3n) is 3.92. The molecule has 5 heteroatoms. The third kappa shape index (κ3) is 6.14. The van der Waals surface area contributed by atoms with Crippen LogP contribution in [0.15, 0.2) is 59.7 Å². The van der Waals surface area contributed by atoms with Gasteiger partial charge in [0.15, 0.2) is 5.78 Å². The Hall–Kier alpha value is -0.810. The molecule has 0 N–H and O–H groups in total. The third-order valence-corrected chi connectivity index (χ3v) is 3.92. The number of benzene rings is 2. The number of Topliss-reactive ketones (excluding diaryl/α,β-unsaturated/α-hetero) is 1. The standard InChI is InChI=1S/C20H18O3.2Na/c21-18-8-4-14(5-9-18)12-16-2-1-3-17(20(16)23)13-15-6-10-19(22)11-7-15;;/h4-13,21-22H,1-3H2;;/q;2*+1/p-2. The van der Waals surface area contributed by atoms with E-state index in [1.807, 2.05) is 12.2 Å². The second-order valence-electron chi connectivity index (χ2n) is 5.66. The Bertz CT molecular complexity index is 710. The molecule has 1 aliphatic carbocycles. The molecule has 2 aromatic carbocycles. The molecular weight excluding hydrogens is 334 g/mol. The van der Waals surface area contributed by atoms with Crippen LogP contribution in [0.5, 0.6) is 11.5 Å². The Labute approximate surface area is 192 Å². The maximum absolute atomic E-state index is 12.6. The fraction of sp³-hybridized carbons (Fsp3) is 0.150. The van der Waals surface area contributed by atoms with Crippen molar-refractivity contribution in [2.75, 3.05) is 0 Å². The van der Waals surface area contributed by atoms with Gasteiger partial charge in [-0.15, -0.1) is 11.5 Å². The zero-order valence-corrected chi connectivity index (χ0v) is 18.6. The van der Waals surface area contributed by atoms with Crippen LogP contribution in [0, 0.1) is 0 Å². The van der Waals surface area contributed by atoms with Gasteiger partial charge < -0.3 is 10.2 Å². The van der Waals surface area contributed by atoms with E-state index < -0.39 is 0 Å². The normalized spacial score (nSPS) is 17.0. The van der Waals surface area contributed by atoms with E-state index in [4.69, 9.17) is 0 Å². The Balaban J connectivity index is 0.00000156. The van der Waals surface area contributed by atoms with Crippen molar-refractivity contribution >= 4 is 17.9 Å². The van der Waals surface area contributed by atoms with Crippen LogP contribution >= 0.6 is 0 Å². The molecule has 0 heterocycles. The molecule has 3 rings (SSSR count). The minimum atomic E-state index is -0.0375. The summed E-state index contributed by atoms with van der Waals surface area (Å²) < 4.78 is 0. The summed E-state index contributed by atoms with van der Waals surface area (Å²) in [6.07, 6.45) is 6.12. The van der Waals surface area contributed by atoms with Gasteiger partial charge in [0.1, 0.15) is 0 Å². The Kier molecular flexibility index (Phi) is 9.22. The number of carbonyl (C=O) groups excluding carboxylic acids is 1. The van der Waals surface area contributed by atoms with E-state index >= 15 is 0 Å². The zero-order valence-electron chi connectivity index (χ0n) is 14.6. The average molecular weight is 350 g/mol. The van der Waals surface area contributed by atoms with Crippen LogP contribution in [0.1, 0.15) is 30.4 Å². The molecule has 0 saturated heterocycles. The van der Waals surface area contributed by atoms with Crippen LogP contribution in [0.2, 0.25) is 0 Å². The van der Waals surface area contributed by atoms with Crippen LogP contribution in [-0.2, 0) is 4.79 Å². The first-order chi connectivity index (χ1) is 11.1. The Morgan fingerprint density at radius 1 is 0.680 bits per heavy atom. The molecule has 1 saturated carbocycles. The van der Waals surface area contributed by atoms with E-state index in [-0.39, 0.29) is 76.4 Å². The van der Waals surface area contributed by atoms with Crippen molar-refractivity contribution < 1.29 is 74.1 Å². The maximum Gasteiger partial charge on any atom is 1.00 e. The smallest absolute Gasteiger partial charge is 0.872 e. The Morgan fingerprint density at radius 2 is 1.04 bits per heavy atom. The van der Waals surface area contributed by atoms with Crippen molar-refractivity contribution in [2.45, 2.75) is 19.3 Å². The Morgan fingerprint density at radius 3 is 1.40 bits per heavy atom. The quantitative estimate of drug-likeness (QED) is 0.430. The first-order valence-corrected chi connectivity index (χ1v) is 7.62. The molecule has 116 valence electrons. The van der Waals surface area contributed by atoms with Gasteiger partial charge in [-0.1, -0.05) is 48.5 Å². The zero-order chi connectivity index (χ0) is 16.2. The summed E-state index contributed by atoms with van der Waals surface area (Å²) in [6, 6.07) is 12.9. The van der Waals surface area contributed by atoms with Crippen molar-refractivity contribution in [3.8, 4) is 11.5 Å². The summed E-state index contributed by atoms with van der Waals surface area (Å²) >= 11 is 0. The number of ketones is 1. The van der Waals surface area contributed by atoms with Crippen LogP contribution in [-0.4, -0.2) is 5.78 Å². The molecule has 0 spiro atoms. The van der Waals surface area contributed by atoms with Gasteiger partial charge in [-0.2, -0.15) is 0 Å². The van der Waals surface area contributed by atoms with Gasteiger partial charge in [0.2, 0.25) is 0 Å². The molecular formula is C20H16Na2O3. The summed E-state index contributed by atoms with van der Waals surface area (Å²) in [5.74, 6) is -0.0253. The van der Waals surface area contributed by atoms with E-state index in [0.717, 1.165) is 41.5 Å². The molecule has 1 aliphatic rings. The minimum absolute atomic E-state index is 0. The van der Waals surface area contributed by atoms with Gasteiger partial charge in [0, 0.05) is 11.1 Å². The molecule has 0 atom stereocenters. The summed E-state index contributed by atoms with van der Waals surface area (Å²) in [5, 5.41) is 22.3. The number of allylic oxidation sites excluding steroid dienone is 2. The van der Waals surface area contributed by atoms with Crippen LogP contribution < -0.4 is 69.3 Å². The topological polar surface area (TPSA) is 63.2 Å². The average Bonchev–Trinajstić information content (AvgIpc) is 2.55. The number of hydrogen-bond donors (Lipinski definition) is 0. The van der Waals surface area contributed by atoms with E-state index in [1.165, 1.54) is 24.3 Å². The van der Waals surface area contributed by atoms with Gasteiger partial charge in [-0.05, 0) is 42.5 Å². The van der Waals surface area contributed by atoms with Crippen molar-refractivity contribution in [1.29, 1.82) is 0 Å². The fourth-order valence-electron chi connectivity index (χ4n) is 2.71. The van der Waals surface area contributed by atoms with Crippen LogP contribution in [0.25, 0.3) is 12.2 Å². The number of hydrogen-bond acceptors (Lipinski definition) is 3. The molecule has 25 heavy (non-hydrogen) atoms.